The van der Waals surface area contributed by atoms with E-state index in [2.05, 4.69) is 32.3 Å². The van der Waals surface area contributed by atoms with Crippen molar-refractivity contribution in [1.29, 1.82) is 0 Å². The van der Waals surface area contributed by atoms with Crippen molar-refractivity contribution >= 4 is 5.91 Å². The summed E-state index contributed by atoms with van der Waals surface area (Å²) in [6.07, 6.45) is 2.21. The van der Waals surface area contributed by atoms with Gasteiger partial charge in [0.25, 0.3) is 5.91 Å². The molecule has 0 aromatic heterocycles. The minimum absolute atomic E-state index is 0.216. The molecular weight excluding hydrogens is 231 g/mol. The molecule has 0 saturated carbocycles. The Kier molecular flexibility index (Phi) is 3.26. The maximum Gasteiger partial charge on any atom is 0.282 e. The van der Waals surface area contributed by atoms with Crippen molar-refractivity contribution < 1.29 is 9.18 Å². The molecule has 2 aliphatic rings. The molecule has 0 aliphatic carbocycles. The molecule has 1 amide bonds. The molecule has 3 nitrogen and oxygen atoms in total. The van der Waals surface area contributed by atoms with Crippen LogP contribution in [-0.4, -0.2) is 47.4 Å². The van der Waals surface area contributed by atoms with E-state index in [1.54, 1.807) is 4.90 Å². The standard InChI is InChI=1S/C14H23FN2O/c1-11(15)12(18)16-9-14(10-16)5-7-17(8-6-14)13(2,3)4/h1,5-10H2,2-4H3. The number of hydrogen-bond donors (Lipinski definition) is 0. The first-order valence-electron chi connectivity index (χ1n) is 6.62. The van der Waals surface area contributed by atoms with Crippen LogP contribution in [0, 0.1) is 5.41 Å². The quantitative estimate of drug-likeness (QED) is 0.670. The molecule has 18 heavy (non-hydrogen) atoms. The average Bonchev–Trinajstić information content (AvgIpc) is 2.23. The van der Waals surface area contributed by atoms with Gasteiger partial charge in [0, 0.05) is 24.0 Å². The van der Waals surface area contributed by atoms with Gasteiger partial charge in [-0.1, -0.05) is 6.58 Å². The number of piperidine rings is 1. The largest absolute Gasteiger partial charge is 0.335 e. The van der Waals surface area contributed by atoms with Crippen molar-refractivity contribution in [3.8, 4) is 0 Å². The van der Waals surface area contributed by atoms with Crippen molar-refractivity contribution in [2.75, 3.05) is 26.2 Å². The van der Waals surface area contributed by atoms with Crippen molar-refractivity contribution in [1.82, 2.24) is 9.80 Å². The summed E-state index contributed by atoms with van der Waals surface area (Å²) in [5.41, 5.74) is 0.459. The molecule has 0 atom stereocenters. The third kappa shape index (κ3) is 2.44. The van der Waals surface area contributed by atoms with Gasteiger partial charge in [0.2, 0.25) is 0 Å². The second-order valence-electron chi connectivity index (χ2n) is 6.72. The topological polar surface area (TPSA) is 23.6 Å². The van der Waals surface area contributed by atoms with Gasteiger partial charge < -0.3 is 4.90 Å². The van der Waals surface area contributed by atoms with Crippen LogP contribution in [0.4, 0.5) is 4.39 Å². The molecule has 0 unspecified atom stereocenters. The fourth-order valence-corrected chi connectivity index (χ4v) is 3.05. The van der Waals surface area contributed by atoms with E-state index in [-0.39, 0.29) is 11.0 Å². The third-order valence-electron chi connectivity index (χ3n) is 4.34. The average molecular weight is 254 g/mol. The summed E-state index contributed by atoms with van der Waals surface area (Å²) in [4.78, 5) is 15.5. The third-order valence-corrected chi connectivity index (χ3v) is 4.34. The molecule has 2 fully saturated rings. The predicted octanol–water partition coefficient (Wildman–Crippen LogP) is 2.19. The highest BCUT2D eigenvalue weighted by Crippen LogP contribution is 2.42. The number of nitrogens with zero attached hydrogens (tertiary/aromatic N) is 2. The van der Waals surface area contributed by atoms with Gasteiger partial charge in [-0.3, -0.25) is 9.69 Å². The maximum atomic E-state index is 12.7. The smallest absolute Gasteiger partial charge is 0.282 e. The zero-order valence-electron chi connectivity index (χ0n) is 11.6. The normalized spacial score (nSPS) is 23.9. The minimum atomic E-state index is -0.836. The highest BCUT2D eigenvalue weighted by Gasteiger charge is 2.47. The van der Waals surface area contributed by atoms with Crippen molar-refractivity contribution in [2.45, 2.75) is 39.2 Å². The van der Waals surface area contributed by atoms with Crippen LogP contribution in [0.3, 0.4) is 0 Å². The Hall–Kier alpha value is -0.900. The van der Waals surface area contributed by atoms with E-state index in [1.165, 1.54) is 0 Å². The highest BCUT2D eigenvalue weighted by atomic mass is 19.1. The van der Waals surface area contributed by atoms with Crippen LogP contribution in [0.1, 0.15) is 33.6 Å². The summed E-state index contributed by atoms with van der Waals surface area (Å²) < 4.78 is 12.7. The highest BCUT2D eigenvalue weighted by molar-refractivity contribution is 5.91. The van der Waals surface area contributed by atoms with Gasteiger partial charge in [0.1, 0.15) is 0 Å². The molecule has 1 spiro atoms. The van der Waals surface area contributed by atoms with Gasteiger partial charge in [-0.2, -0.15) is 0 Å². The summed E-state index contributed by atoms with van der Waals surface area (Å²) in [6.45, 7) is 13.3. The lowest BCUT2D eigenvalue weighted by atomic mass is 9.71. The molecular formula is C14H23FN2O. The summed E-state index contributed by atoms with van der Waals surface area (Å²) in [5.74, 6) is -1.36. The molecule has 0 aromatic carbocycles. The monoisotopic (exact) mass is 254 g/mol. The van der Waals surface area contributed by atoms with E-state index in [0.717, 1.165) is 25.9 Å². The molecule has 0 bridgehead atoms. The Morgan fingerprint density at radius 1 is 1.22 bits per heavy atom. The van der Waals surface area contributed by atoms with E-state index in [1.807, 2.05) is 0 Å². The van der Waals surface area contributed by atoms with Gasteiger partial charge in [-0.25, -0.2) is 4.39 Å². The lowest BCUT2D eigenvalue weighted by Gasteiger charge is -2.55. The molecule has 0 aromatic rings. The fraction of sp³-hybridized carbons (Fsp3) is 0.786. The van der Waals surface area contributed by atoms with Gasteiger partial charge in [0.05, 0.1) is 0 Å². The van der Waals surface area contributed by atoms with E-state index in [4.69, 9.17) is 0 Å². The number of rotatable bonds is 1. The zero-order chi connectivity index (χ0) is 13.6. The first-order chi connectivity index (χ1) is 8.23. The van der Waals surface area contributed by atoms with Crippen LogP contribution in [0.25, 0.3) is 0 Å². The molecule has 2 rings (SSSR count). The Labute approximate surface area is 109 Å². The van der Waals surface area contributed by atoms with Crippen molar-refractivity contribution in [2.24, 2.45) is 5.41 Å². The number of hydrogen-bond acceptors (Lipinski definition) is 2. The fourth-order valence-electron chi connectivity index (χ4n) is 3.05. The van der Waals surface area contributed by atoms with E-state index in [0.29, 0.717) is 13.1 Å². The maximum absolute atomic E-state index is 12.7. The first kappa shape index (κ1) is 13.5. The second-order valence-corrected chi connectivity index (χ2v) is 6.72. The summed E-state index contributed by atoms with van der Waals surface area (Å²) in [6, 6.07) is 0. The molecule has 4 heteroatoms. The molecule has 0 N–H and O–H groups in total. The van der Waals surface area contributed by atoms with Crippen LogP contribution < -0.4 is 0 Å². The first-order valence-corrected chi connectivity index (χ1v) is 6.62. The number of likely N-dealkylation sites (tertiary alicyclic amines) is 2. The summed E-state index contributed by atoms with van der Waals surface area (Å²) in [7, 11) is 0. The van der Waals surface area contributed by atoms with Crippen LogP contribution in [-0.2, 0) is 4.79 Å². The lowest BCUT2D eigenvalue weighted by molar-refractivity contribution is -0.145. The van der Waals surface area contributed by atoms with Crippen LogP contribution in [0.5, 0.6) is 0 Å². The van der Waals surface area contributed by atoms with E-state index < -0.39 is 11.7 Å². The number of halogens is 1. The zero-order valence-corrected chi connectivity index (χ0v) is 11.6. The van der Waals surface area contributed by atoms with E-state index >= 15 is 0 Å². The van der Waals surface area contributed by atoms with Crippen molar-refractivity contribution in [3.63, 3.8) is 0 Å². The summed E-state index contributed by atoms with van der Waals surface area (Å²) >= 11 is 0. The van der Waals surface area contributed by atoms with Crippen molar-refractivity contribution in [3.05, 3.63) is 12.4 Å². The number of amides is 1. The Balaban J connectivity index is 1.86. The Morgan fingerprint density at radius 3 is 2.11 bits per heavy atom. The molecule has 2 heterocycles. The predicted molar refractivity (Wildman–Crippen MR) is 69.8 cm³/mol. The van der Waals surface area contributed by atoms with Gasteiger partial charge in [0.15, 0.2) is 5.83 Å². The van der Waals surface area contributed by atoms with Gasteiger partial charge in [-0.05, 0) is 46.7 Å². The van der Waals surface area contributed by atoms with Crippen LogP contribution in [0.2, 0.25) is 0 Å². The Bertz CT molecular complexity index is 356. The second kappa shape index (κ2) is 4.34. The van der Waals surface area contributed by atoms with Crippen LogP contribution in [0.15, 0.2) is 12.4 Å². The molecule has 0 radical (unpaired) electrons. The number of carbonyl (C=O) groups excluding carboxylic acids is 1. The van der Waals surface area contributed by atoms with Crippen LogP contribution >= 0.6 is 0 Å². The Morgan fingerprint density at radius 2 is 1.72 bits per heavy atom. The number of carbonyl (C=O) groups is 1. The minimum Gasteiger partial charge on any atom is -0.335 e. The van der Waals surface area contributed by atoms with E-state index in [9.17, 15) is 9.18 Å². The molecule has 2 aliphatic heterocycles. The van der Waals surface area contributed by atoms with Gasteiger partial charge in [-0.15, -0.1) is 0 Å². The lowest BCUT2D eigenvalue weighted by Crippen LogP contribution is -2.63. The molecule has 2 saturated heterocycles. The molecule has 102 valence electrons. The van der Waals surface area contributed by atoms with Gasteiger partial charge >= 0.3 is 0 Å². The SMILES string of the molecule is C=C(F)C(=O)N1CC2(CCN(C(C)(C)C)CC2)C1. The summed E-state index contributed by atoms with van der Waals surface area (Å²) in [5, 5.41) is 0.